The first-order chi connectivity index (χ1) is 10.5. The second-order valence-corrected chi connectivity index (χ2v) is 7.87. The number of sulfone groups is 1. The first-order valence-corrected chi connectivity index (χ1v) is 9.57. The molecule has 1 N–H and O–H groups in total. The maximum absolute atomic E-state index is 12.1. The molecule has 1 aromatic heterocycles. The Morgan fingerprint density at radius 1 is 1.36 bits per heavy atom. The zero-order chi connectivity index (χ0) is 16.0. The molecule has 1 amide bonds. The molecule has 0 saturated heterocycles. The summed E-state index contributed by atoms with van der Waals surface area (Å²) in [7, 11) is -3.50. The molecule has 0 radical (unpaired) electrons. The third-order valence-corrected chi connectivity index (χ3v) is 5.52. The van der Waals surface area contributed by atoms with Crippen LogP contribution in [0.15, 0.2) is 40.1 Å². The highest BCUT2D eigenvalue weighted by Crippen LogP contribution is 2.17. The lowest BCUT2D eigenvalue weighted by atomic mass is 10.3. The monoisotopic (exact) mass is 358 g/mol. The predicted molar refractivity (Wildman–Crippen MR) is 86.9 cm³/mol. The van der Waals surface area contributed by atoms with Crippen LogP contribution in [0.4, 0.5) is 0 Å². The van der Waals surface area contributed by atoms with Gasteiger partial charge in [-0.25, -0.2) is 13.4 Å². The molecule has 8 heteroatoms. The van der Waals surface area contributed by atoms with Crippen molar-refractivity contribution < 1.29 is 13.2 Å². The lowest BCUT2D eigenvalue weighted by Crippen LogP contribution is -2.27. The summed E-state index contributed by atoms with van der Waals surface area (Å²) >= 11 is 7.28. The van der Waals surface area contributed by atoms with Crippen LogP contribution in [0.3, 0.4) is 0 Å². The van der Waals surface area contributed by atoms with Crippen LogP contribution in [0.5, 0.6) is 0 Å². The number of hydrogen-bond acceptors (Lipinski definition) is 5. The van der Waals surface area contributed by atoms with Crippen molar-refractivity contribution in [2.45, 2.75) is 17.7 Å². The van der Waals surface area contributed by atoms with E-state index in [2.05, 4.69) is 10.3 Å². The van der Waals surface area contributed by atoms with Crippen molar-refractivity contribution in [3.63, 3.8) is 0 Å². The van der Waals surface area contributed by atoms with Crippen molar-refractivity contribution in [1.29, 1.82) is 0 Å². The molecule has 0 aliphatic carbocycles. The maximum Gasteiger partial charge on any atom is 0.221 e. The van der Waals surface area contributed by atoms with Gasteiger partial charge in [-0.1, -0.05) is 17.7 Å². The third-order valence-electron chi connectivity index (χ3n) is 2.94. The zero-order valence-corrected chi connectivity index (χ0v) is 14.0. The van der Waals surface area contributed by atoms with Gasteiger partial charge in [0.05, 0.1) is 21.9 Å². The lowest BCUT2D eigenvalue weighted by molar-refractivity contribution is -0.120. The zero-order valence-electron chi connectivity index (χ0n) is 11.7. The van der Waals surface area contributed by atoms with Gasteiger partial charge in [-0.3, -0.25) is 4.79 Å². The van der Waals surface area contributed by atoms with Crippen LogP contribution in [0.25, 0.3) is 0 Å². The van der Waals surface area contributed by atoms with E-state index < -0.39 is 9.84 Å². The van der Waals surface area contributed by atoms with Crippen LogP contribution in [-0.2, 0) is 21.1 Å². The summed E-state index contributed by atoms with van der Waals surface area (Å²) in [5.41, 5.74) is 2.64. The van der Waals surface area contributed by atoms with E-state index >= 15 is 0 Å². The van der Waals surface area contributed by atoms with E-state index in [1.807, 2.05) is 5.38 Å². The number of halogens is 1. The second kappa shape index (κ2) is 7.71. The van der Waals surface area contributed by atoms with Crippen molar-refractivity contribution in [3.05, 3.63) is 45.9 Å². The predicted octanol–water partition coefficient (Wildman–Crippen LogP) is 2.32. The second-order valence-electron chi connectivity index (χ2n) is 4.61. The van der Waals surface area contributed by atoms with E-state index in [9.17, 15) is 13.2 Å². The minimum atomic E-state index is -3.50. The summed E-state index contributed by atoms with van der Waals surface area (Å²) < 4.78 is 24.2. The normalized spacial score (nSPS) is 11.3. The minimum Gasteiger partial charge on any atom is -0.356 e. The third kappa shape index (κ3) is 5.08. The fourth-order valence-electron chi connectivity index (χ4n) is 1.78. The molecule has 0 saturated carbocycles. The van der Waals surface area contributed by atoms with Crippen LogP contribution in [0.1, 0.15) is 12.1 Å². The number of thiazole rings is 1. The maximum atomic E-state index is 12.1. The largest absolute Gasteiger partial charge is 0.356 e. The molecule has 2 aromatic rings. The Morgan fingerprint density at radius 3 is 2.86 bits per heavy atom. The van der Waals surface area contributed by atoms with E-state index in [1.165, 1.54) is 23.5 Å². The van der Waals surface area contributed by atoms with Crippen LogP contribution < -0.4 is 5.32 Å². The molecule has 0 fully saturated rings. The number of benzene rings is 1. The molecular weight excluding hydrogens is 344 g/mol. The Labute approximate surface area is 138 Å². The molecule has 118 valence electrons. The minimum absolute atomic E-state index is 0.0775. The Morgan fingerprint density at radius 2 is 2.18 bits per heavy atom. The van der Waals surface area contributed by atoms with E-state index in [-0.39, 0.29) is 23.0 Å². The van der Waals surface area contributed by atoms with Crippen LogP contribution in [0.2, 0.25) is 5.02 Å². The molecule has 0 atom stereocenters. The molecule has 0 bridgehead atoms. The molecule has 0 aliphatic rings. The number of carbonyl (C=O) groups excluding carboxylic acids is 1. The number of rotatable bonds is 7. The fourth-order valence-corrected chi connectivity index (χ4v) is 3.91. The van der Waals surface area contributed by atoms with Crippen molar-refractivity contribution in [1.82, 2.24) is 10.3 Å². The van der Waals surface area contributed by atoms with E-state index in [0.717, 1.165) is 5.69 Å². The summed E-state index contributed by atoms with van der Waals surface area (Å²) in [5, 5.41) is 4.96. The standard InChI is InChI=1S/C14H15ClN2O3S2/c15-11-2-1-3-13(8-11)22(19,20)7-5-14(18)16-6-4-12-9-21-10-17-12/h1-3,8-10H,4-7H2,(H,16,18). The number of hydrogen-bond donors (Lipinski definition) is 1. The Balaban J connectivity index is 1.80. The highest BCUT2D eigenvalue weighted by molar-refractivity contribution is 7.91. The van der Waals surface area contributed by atoms with Gasteiger partial charge >= 0.3 is 0 Å². The Bertz CT molecular complexity index is 730. The quantitative estimate of drug-likeness (QED) is 0.824. The topological polar surface area (TPSA) is 76.1 Å². The first kappa shape index (κ1) is 16.9. The fraction of sp³-hybridized carbons (Fsp3) is 0.286. The highest BCUT2D eigenvalue weighted by atomic mass is 35.5. The summed E-state index contributed by atoms with van der Waals surface area (Å²) in [6, 6.07) is 6.04. The highest BCUT2D eigenvalue weighted by Gasteiger charge is 2.16. The number of nitrogens with zero attached hydrogens (tertiary/aromatic N) is 1. The van der Waals surface area contributed by atoms with Gasteiger partial charge < -0.3 is 5.32 Å². The SMILES string of the molecule is O=C(CCS(=O)(=O)c1cccc(Cl)c1)NCCc1cscn1. The Hall–Kier alpha value is -1.44. The van der Waals surface area contributed by atoms with Crippen molar-refractivity contribution in [2.75, 3.05) is 12.3 Å². The van der Waals surface area contributed by atoms with Crippen molar-refractivity contribution in [3.8, 4) is 0 Å². The lowest BCUT2D eigenvalue weighted by Gasteiger charge is -2.06. The van der Waals surface area contributed by atoms with Gasteiger partial charge in [0.1, 0.15) is 0 Å². The average molecular weight is 359 g/mol. The molecule has 1 heterocycles. The van der Waals surface area contributed by atoms with Crippen LogP contribution in [0, 0.1) is 0 Å². The summed E-state index contributed by atoms with van der Waals surface area (Å²) in [5.74, 6) is -0.531. The van der Waals surface area contributed by atoms with Crippen molar-refractivity contribution in [2.24, 2.45) is 0 Å². The number of carbonyl (C=O) groups is 1. The van der Waals surface area contributed by atoms with Gasteiger partial charge in [0.25, 0.3) is 0 Å². The number of amides is 1. The average Bonchev–Trinajstić information content (AvgIpc) is 2.99. The van der Waals surface area contributed by atoms with E-state index in [4.69, 9.17) is 11.6 Å². The summed E-state index contributed by atoms with van der Waals surface area (Å²) in [6.45, 7) is 0.444. The molecule has 1 aromatic carbocycles. The molecule has 0 unspecified atom stereocenters. The molecule has 0 spiro atoms. The number of nitrogens with one attached hydrogen (secondary N) is 1. The first-order valence-electron chi connectivity index (χ1n) is 6.59. The van der Waals surface area contributed by atoms with Gasteiger partial charge in [-0.2, -0.15) is 0 Å². The van der Waals surface area contributed by atoms with E-state index in [1.54, 1.807) is 17.6 Å². The molecular formula is C14H15ClN2O3S2. The van der Waals surface area contributed by atoms with E-state index in [0.29, 0.717) is 18.0 Å². The van der Waals surface area contributed by atoms with Crippen LogP contribution >= 0.6 is 22.9 Å². The summed E-state index contributed by atoms with van der Waals surface area (Å²) in [4.78, 5) is 15.9. The van der Waals surface area contributed by atoms with Gasteiger partial charge in [0, 0.05) is 29.8 Å². The number of aromatic nitrogens is 1. The molecule has 0 aliphatic heterocycles. The van der Waals surface area contributed by atoms with Gasteiger partial charge in [-0.15, -0.1) is 11.3 Å². The van der Waals surface area contributed by atoms with Crippen molar-refractivity contribution >= 4 is 38.7 Å². The smallest absolute Gasteiger partial charge is 0.221 e. The van der Waals surface area contributed by atoms with Crippen LogP contribution in [-0.4, -0.2) is 31.6 Å². The Kier molecular flexibility index (Phi) is 5.93. The summed E-state index contributed by atoms with van der Waals surface area (Å²) in [6.07, 6.45) is 0.558. The molecule has 22 heavy (non-hydrogen) atoms. The van der Waals surface area contributed by atoms with Gasteiger partial charge in [0.2, 0.25) is 5.91 Å². The van der Waals surface area contributed by atoms with Gasteiger partial charge in [-0.05, 0) is 18.2 Å². The molecule has 5 nitrogen and oxygen atoms in total. The van der Waals surface area contributed by atoms with Gasteiger partial charge in [0.15, 0.2) is 9.84 Å². The molecule has 2 rings (SSSR count).